The fraction of sp³-hybridized carbons (Fsp3) is 0.188. The second-order valence-corrected chi connectivity index (χ2v) is 5.15. The Bertz CT molecular complexity index is 923. The van der Waals surface area contributed by atoms with Gasteiger partial charge in [0.25, 0.3) is 5.56 Å². The van der Waals surface area contributed by atoms with Gasteiger partial charge in [0.2, 0.25) is 0 Å². The van der Waals surface area contributed by atoms with E-state index in [-0.39, 0.29) is 12.1 Å². The number of hydrogen-bond acceptors (Lipinski definition) is 3. The molecule has 0 saturated heterocycles. The van der Waals surface area contributed by atoms with Crippen molar-refractivity contribution in [2.75, 3.05) is 0 Å². The second kappa shape index (κ2) is 5.14. The van der Waals surface area contributed by atoms with Gasteiger partial charge in [-0.05, 0) is 18.1 Å². The molecule has 6 nitrogen and oxygen atoms in total. The minimum Gasteiger partial charge on any atom is -0.480 e. The molecule has 0 aliphatic heterocycles. The summed E-state index contributed by atoms with van der Waals surface area (Å²) in [4.78, 5) is 23.4. The number of aliphatic carboxylic acids is 1. The zero-order valence-electron chi connectivity index (χ0n) is 12.3. The highest BCUT2D eigenvalue weighted by Crippen LogP contribution is 2.29. The van der Waals surface area contributed by atoms with E-state index in [4.69, 9.17) is 5.11 Å². The third kappa shape index (κ3) is 2.18. The van der Waals surface area contributed by atoms with E-state index in [1.807, 2.05) is 37.3 Å². The number of aryl methyl sites for hydroxylation is 2. The van der Waals surface area contributed by atoms with Crippen molar-refractivity contribution in [3.8, 4) is 11.1 Å². The van der Waals surface area contributed by atoms with Crippen LogP contribution in [0.3, 0.4) is 0 Å². The van der Waals surface area contributed by atoms with Crippen LogP contribution in [0.1, 0.15) is 5.69 Å². The van der Waals surface area contributed by atoms with Gasteiger partial charge in [0.1, 0.15) is 12.2 Å². The average molecular weight is 297 g/mol. The zero-order chi connectivity index (χ0) is 15.9. The Morgan fingerprint density at radius 1 is 1.27 bits per heavy atom. The molecule has 3 rings (SSSR count). The van der Waals surface area contributed by atoms with Crippen LogP contribution in [0.2, 0.25) is 0 Å². The summed E-state index contributed by atoms with van der Waals surface area (Å²) in [5, 5.41) is 14.2. The van der Waals surface area contributed by atoms with Gasteiger partial charge in [-0.1, -0.05) is 30.3 Å². The van der Waals surface area contributed by atoms with Crippen molar-refractivity contribution in [2.45, 2.75) is 13.5 Å². The van der Waals surface area contributed by atoms with Gasteiger partial charge in [0, 0.05) is 18.5 Å². The molecule has 0 fully saturated rings. The first-order valence-electron chi connectivity index (χ1n) is 6.83. The predicted octanol–water partition coefficient (Wildman–Crippen LogP) is 1.80. The van der Waals surface area contributed by atoms with E-state index in [1.54, 1.807) is 11.7 Å². The lowest BCUT2D eigenvalue weighted by molar-refractivity contribution is -0.137. The van der Waals surface area contributed by atoms with Gasteiger partial charge in [-0.25, -0.2) is 0 Å². The Hall–Kier alpha value is -2.89. The highest BCUT2D eigenvalue weighted by molar-refractivity contribution is 5.95. The van der Waals surface area contributed by atoms with Crippen LogP contribution in [0.15, 0.2) is 41.2 Å². The normalized spacial score (nSPS) is 11.0. The first-order chi connectivity index (χ1) is 10.5. The zero-order valence-corrected chi connectivity index (χ0v) is 12.3. The Balaban J connectivity index is 2.42. The van der Waals surface area contributed by atoms with Gasteiger partial charge in [-0.3, -0.25) is 18.8 Å². The van der Waals surface area contributed by atoms with Crippen LogP contribution in [-0.4, -0.2) is 25.4 Å². The first-order valence-corrected chi connectivity index (χ1v) is 6.83. The van der Waals surface area contributed by atoms with E-state index in [0.717, 1.165) is 22.2 Å². The van der Waals surface area contributed by atoms with Crippen molar-refractivity contribution in [3.63, 3.8) is 0 Å². The SMILES string of the molecule is Cc1nn(C)c2c1c(-c1ccccc1)cc(=O)n2CC(=O)O. The Labute approximate surface area is 126 Å². The van der Waals surface area contributed by atoms with Crippen LogP contribution in [0, 0.1) is 6.92 Å². The first kappa shape index (κ1) is 14.1. The molecule has 0 saturated carbocycles. The maximum Gasteiger partial charge on any atom is 0.323 e. The third-order valence-electron chi connectivity index (χ3n) is 3.63. The summed E-state index contributed by atoms with van der Waals surface area (Å²) in [6.45, 7) is 1.47. The minimum atomic E-state index is -1.06. The predicted molar refractivity (Wildman–Crippen MR) is 82.8 cm³/mol. The molecule has 22 heavy (non-hydrogen) atoms. The molecule has 1 N–H and O–H groups in total. The van der Waals surface area contributed by atoms with E-state index in [9.17, 15) is 9.59 Å². The molecule has 0 bridgehead atoms. The lowest BCUT2D eigenvalue weighted by atomic mass is 10.0. The van der Waals surface area contributed by atoms with Crippen LogP contribution < -0.4 is 5.56 Å². The monoisotopic (exact) mass is 297 g/mol. The van der Waals surface area contributed by atoms with Crippen LogP contribution in [0.5, 0.6) is 0 Å². The number of fused-ring (bicyclic) bond motifs is 1. The van der Waals surface area contributed by atoms with Gasteiger partial charge < -0.3 is 5.11 Å². The molecular formula is C16H15N3O3. The molecule has 0 unspecified atom stereocenters. The summed E-state index contributed by atoms with van der Waals surface area (Å²) in [5.41, 5.74) is 2.61. The summed E-state index contributed by atoms with van der Waals surface area (Å²) >= 11 is 0. The van der Waals surface area contributed by atoms with Gasteiger partial charge in [-0.15, -0.1) is 0 Å². The number of carboxylic acid groups (broad SMARTS) is 1. The second-order valence-electron chi connectivity index (χ2n) is 5.15. The summed E-state index contributed by atoms with van der Waals surface area (Å²) in [7, 11) is 1.71. The summed E-state index contributed by atoms with van der Waals surface area (Å²) in [5.74, 6) is -1.06. The fourth-order valence-electron chi connectivity index (χ4n) is 2.78. The van der Waals surface area contributed by atoms with Crippen molar-refractivity contribution in [2.24, 2.45) is 7.05 Å². The number of nitrogens with zero attached hydrogens (tertiary/aromatic N) is 3. The Kier molecular flexibility index (Phi) is 3.29. The summed E-state index contributed by atoms with van der Waals surface area (Å²) in [6, 6.07) is 11.0. The summed E-state index contributed by atoms with van der Waals surface area (Å²) in [6.07, 6.45) is 0. The Morgan fingerprint density at radius 3 is 2.59 bits per heavy atom. The highest BCUT2D eigenvalue weighted by Gasteiger charge is 2.18. The molecule has 112 valence electrons. The maximum atomic E-state index is 12.4. The Morgan fingerprint density at radius 2 is 1.95 bits per heavy atom. The van der Waals surface area contributed by atoms with Gasteiger partial charge >= 0.3 is 5.97 Å². The number of carbonyl (C=O) groups is 1. The van der Waals surface area contributed by atoms with Crippen molar-refractivity contribution >= 4 is 17.0 Å². The standard InChI is InChI=1S/C16H15N3O3/c1-10-15-12(11-6-4-3-5-7-11)8-13(20)19(9-14(21)22)16(15)18(2)17-10/h3-8H,9H2,1-2H3,(H,21,22). The minimum absolute atomic E-state index is 0.350. The highest BCUT2D eigenvalue weighted by atomic mass is 16.4. The lowest BCUT2D eigenvalue weighted by Crippen LogP contribution is -2.25. The molecule has 0 spiro atoms. The lowest BCUT2D eigenvalue weighted by Gasteiger charge is -2.10. The number of aromatic nitrogens is 3. The van der Waals surface area contributed by atoms with E-state index in [0.29, 0.717) is 5.65 Å². The molecule has 0 aliphatic carbocycles. The molecule has 1 aromatic carbocycles. The van der Waals surface area contributed by atoms with Crippen LogP contribution in [0.25, 0.3) is 22.2 Å². The maximum absolute atomic E-state index is 12.4. The van der Waals surface area contributed by atoms with Gasteiger partial charge in [0.05, 0.1) is 5.69 Å². The third-order valence-corrected chi connectivity index (χ3v) is 3.63. The number of pyridine rings is 1. The fourth-order valence-corrected chi connectivity index (χ4v) is 2.78. The van der Waals surface area contributed by atoms with Gasteiger partial charge in [-0.2, -0.15) is 5.10 Å². The molecular weight excluding hydrogens is 282 g/mol. The molecule has 0 amide bonds. The number of rotatable bonds is 3. The van der Waals surface area contributed by atoms with Crippen LogP contribution in [-0.2, 0) is 18.4 Å². The number of benzene rings is 1. The van der Waals surface area contributed by atoms with Crippen molar-refractivity contribution in [1.29, 1.82) is 0 Å². The van der Waals surface area contributed by atoms with Crippen molar-refractivity contribution in [1.82, 2.24) is 14.3 Å². The molecule has 2 aromatic heterocycles. The molecule has 0 atom stereocenters. The largest absolute Gasteiger partial charge is 0.480 e. The van der Waals surface area contributed by atoms with E-state index in [2.05, 4.69) is 5.10 Å². The van der Waals surface area contributed by atoms with Crippen molar-refractivity contribution < 1.29 is 9.90 Å². The molecule has 3 aromatic rings. The topological polar surface area (TPSA) is 77.1 Å². The van der Waals surface area contributed by atoms with E-state index in [1.165, 1.54) is 10.6 Å². The summed E-state index contributed by atoms with van der Waals surface area (Å²) < 4.78 is 2.80. The quantitative estimate of drug-likeness (QED) is 0.799. The van der Waals surface area contributed by atoms with E-state index < -0.39 is 5.97 Å². The smallest absolute Gasteiger partial charge is 0.323 e. The molecule has 0 aliphatic rings. The number of carboxylic acids is 1. The molecule has 0 radical (unpaired) electrons. The van der Waals surface area contributed by atoms with Gasteiger partial charge in [0.15, 0.2) is 0 Å². The number of hydrogen-bond donors (Lipinski definition) is 1. The van der Waals surface area contributed by atoms with Crippen molar-refractivity contribution in [3.05, 3.63) is 52.4 Å². The average Bonchev–Trinajstić information content (AvgIpc) is 2.77. The van der Waals surface area contributed by atoms with Crippen LogP contribution >= 0.6 is 0 Å². The molecule has 6 heteroatoms. The molecule has 2 heterocycles. The van der Waals surface area contributed by atoms with E-state index >= 15 is 0 Å². The van der Waals surface area contributed by atoms with Crippen LogP contribution in [0.4, 0.5) is 0 Å².